The fourth-order valence-corrected chi connectivity index (χ4v) is 1.88. The minimum absolute atomic E-state index is 0.1000. The lowest BCUT2D eigenvalue weighted by molar-refractivity contribution is -0.121. The first-order valence-electron chi connectivity index (χ1n) is 6.31. The number of imidazole rings is 1. The van der Waals surface area contributed by atoms with E-state index in [1.807, 2.05) is 20.8 Å². The second kappa shape index (κ2) is 5.69. The fourth-order valence-electron chi connectivity index (χ4n) is 1.88. The van der Waals surface area contributed by atoms with Gasteiger partial charge in [-0.05, 0) is 20.3 Å². The Morgan fingerprint density at radius 3 is 2.84 bits per heavy atom. The number of carbonyl (C=O) groups excluding carboxylic acids is 1. The molecule has 2 aromatic rings. The summed E-state index contributed by atoms with van der Waals surface area (Å²) in [6.07, 6.45) is 2.72. The molecule has 6 nitrogen and oxygen atoms in total. The Balaban J connectivity index is 1.96. The zero-order chi connectivity index (χ0) is 13.8. The van der Waals surface area contributed by atoms with Crippen LogP contribution >= 0.6 is 0 Å². The number of nitrogens with one attached hydrogen (secondary N) is 2. The number of amides is 1. The minimum Gasteiger partial charge on any atom is -0.361 e. The van der Waals surface area contributed by atoms with Gasteiger partial charge in [-0.25, -0.2) is 4.98 Å². The van der Waals surface area contributed by atoms with E-state index in [-0.39, 0.29) is 18.4 Å². The van der Waals surface area contributed by atoms with Gasteiger partial charge in [-0.3, -0.25) is 4.79 Å². The van der Waals surface area contributed by atoms with E-state index in [2.05, 4.69) is 20.4 Å². The molecule has 0 aliphatic heterocycles. The maximum Gasteiger partial charge on any atom is 0.228 e. The molecule has 0 fully saturated rings. The zero-order valence-corrected chi connectivity index (χ0v) is 11.4. The molecule has 0 aliphatic rings. The van der Waals surface area contributed by atoms with E-state index in [0.717, 1.165) is 23.6 Å². The molecule has 0 aromatic carbocycles. The Labute approximate surface area is 111 Å². The average molecular weight is 262 g/mol. The van der Waals surface area contributed by atoms with Gasteiger partial charge in [-0.2, -0.15) is 0 Å². The van der Waals surface area contributed by atoms with Gasteiger partial charge < -0.3 is 14.8 Å². The molecule has 102 valence electrons. The van der Waals surface area contributed by atoms with Crippen LogP contribution in [0.3, 0.4) is 0 Å². The van der Waals surface area contributed by atoms with Crippen molar-refractivity contribution in [3.05, 3.63) is 35.2 Å². The molecule has 1 unspecified atom stereocenters. The lowest BCUT2D eigenvalue weighted by Gasteiger charge is -2.14. The number of hydrogen-bond acceptors (Lipinski definition) is 4. The standard InChI is InChI=1S/C13H18N4O2/c1-4-11(13-14-7-9(3)15-13)16-12(18)6-10-5-8(2)17-19-10/h5,7,11H,4,6H2,1-3H3,(H,14,15)(H,16,18). The van der Waals surface area contributed by atoms with Crippen molar-refractivity contribution in [2.75, 3.05) is 0 Å². The maximum absolute atomic E-state index is 11.9. The van der Waals surface area contributed by atoms with Crippen LogP contribution in [0.2, 0.25) is 0 Å². The van der Waals surface area contributed by atoms with E-state index < -0.39 is 0 Å². The van der Waals surface area contributed by atoms with Crippen molar-refractivity contribution in [2.24, 2.45) is 0 Å². The van der Waals surface area contributed by atoms with Crippen molar-refractivity contribution < 1.29 is 9.32 Å². The number of nitrogens with zero attached hydrogens (tertiary/aromatic N) is 2. The van der Waals surface area contributed by atoms with Crippen LogP contribution in [0, 0.1) is 13.8 Å². The van der Waals surface area contributed by atoms with Gasteiger partial charge >= 0.3 is 0 Å². The number of aromatic nitrogens is 3. The molecule has 0 saturated heterocycles. The Morgan fingerprint density at radius 2 is 2.32 bits per heavy atom. The van der Waals surface area contributed by atoms with Crippen LogP contribution < -0.4 is 5.32 Å². The number of rotatable bonds is 5. The third kappa shape index (κ3) is 3.43. The summed E-state index contributed by atoms with van der Waals surface area (Å²) < 4.78 is 5.03. The molecule has 0 aliphatic carbocycles. The molecule has 1 amide bonds. The summed E-state index contributed by atoms with van der Waals surface area (Å²) in [6, 6.07) is 1.66. The molecule has 2 N–H and O–H groups in total. The predicted molar refractivity (Wildman–Crippen MR) is 69.4 cm³/mol. The van der Waals surface area contributed by atoms with Gasteiger partial charge in [0.1, 0.15) is 11.6 Å². The predicted octanol–water partition coefficient (Wildman–Crippen LogP) is 1.82. The quantitative estimate of drug-likeness (QED) is 0.861. The van der Waals surface area contributed by atoms with E-state index in [4.69, 9.17) is 4.52 Å². The summed E-state index contributed by atoms with van der Waals surface area (Å²) in [5.41, 5.74) is 1.75. The van der Waals surface area contributed by atoms with Crippen molar-refractivity contribution in [1.82, 2.24) is 20.4 Å². The Bertz CT molecular complexity index is 558. The smallest absolute Gasteiger partial charge is 0.228 e. The second-order valence-corrected chi connectivity index (χ2v) is 4.59. The van der Waals surface area contributed by atoms with Crippen molar-refractivity contribution in [3.8, 4) is 0 Å². The van der Waals surface area contributed by atoms with Crippen LogP contribution in [0.5, 0.6) is 0 Å². The van der Waals surface area contributed by atoms with Crippen LogP contribution in [-0.2, 0) is 11.2 Å². The van der Waals surface area contributed by atoms with E-state index in [0.29, 0.717) is 5.76 Å². The number of aromatic amines is 1. The van der Waals surface area contributed by atoms with Gasteiger partial charge in [0.2, 0.25) is 5.91 Å². The molecule has 0 saturated carbocycles. The third-order valence-electron chi connectivity index (χ3n) is 2.81. The van der Waals surface area contributed by atoms with Gasteiger partial charge in [0.05, 0.1) is 18.2 Å². The van der Waals surface area contributed by atoms with Crippen LogP contribution in [0.15, 0.2) is 16.8 Å². The topological polar surface area (TPSA) is 83.8 Å². The Morgan fingerprint density at radius 1 is 1.53 bits per heavy atom. The summed E-state index contributed by atoms with van der Waals surface area (Å²) in [5, 5.41) is 6.69. The zero-order valence-electron chi connectivity index (χ0n) is 11.4. The van der Waals surface area contributed by atoms with Crippen molar-refractivity contribution >= 4 is 5.91 Å². The molecule has 2 rings (SSSR count). The first-order chi connectivity index (χ1) is 9.08. The van der Waals surface area contributed by atoms with Crippen LogP contribution in [-0.4, -0.2) is 21.0 Å². The van der Waals surface area contributed by atoms with Crippen molar-refractivity contribution in [1.29, 1.82) is 0 Å². The lowest BCUT2D eigenvalue weighted by atomic mass is 10.2. The maximum atomic E-state index is 11.9. The SMILES string of the molecule is CCC(NC(=O)Cc1cc(C)no1)c1ncc(C)[nH]1. The highest BCUT2D eigenvalue weighted by atomic mass is 16.5. The molecule has 1 atom stereocenters. The molecule has 0 radical (unpaired) electrons. The van der Waals surface area contributed by atoms with Crippen LogP contribution in [0.1, 0.15) is 42.4 Å². The number of carbonyl (C=O) groups is 1. The Kier molecular flexibility index (Phi) is 3.99. The van der Waals surface area contributed by atoms with Gasteiger partial charge in [0.25, 0.3) is 0 Å². The first-order valence-corrected chi connectivity index (χ1v) is 6.31. The van der Waals surface area contributed by atoms with Crippen molar-refractivity contribution in [3.63, 3.8) is 0 Å². The normalized spacial score (nSPS) is 12.4. The molecular formula is C13H18N4O2. The summed E-state index contributed by atoms with van der Waals surface area (Å²) in [6.45, 7) is 5.76. The number of aryl methyl sites for hydroxylation is 2. The fraction of sp³-hybridized carbons (Fsp3) is 0.462. The average Bonchev–Trinajstić information content (AvgIpc) is 2.95. The Hall–Kier alpha value is -2.11. The van der Waals surface area contributed by atoms with Gasteiger partial charge in [0, 0.05) is 18.0 Å². The minimum atomic E-state index is -0.106. The highest BCUT2D eigenvalue weighted by molar-refractivity contribution is 5.78. The van der Waals surface area contributed by atoms with Crippen molar-refractivity contribution in [2.45, 2.75) is 39.7 Å². The first kappa shape index (κ1) is 13.3. The molecule has 6 heteroatoms. The second-order valence-electron chi connectivity index (χ2n) is 4.59. The molecule has 2 heterocycles. The van der Waals surface area contributed by atoms with Gasteiger partial charge in [-0.1, -0.05) is 12.1 Å². The molecular weight excluding hydrogens is 244 g/mol. The molecule has 0 spiro atoms. The highest BCUT2D eigenvalue weighted by Gasteiger charge is 2.16. The highest BCUT2D eigenvalue weighted by Crippen LogP contribution is 2.13. The lowest BCUT2D eigenvalue weighted by Crippen LogP contribution is -2.30. The van der Waals surface area contributed by atoms with E-state index in [9.17, 15) is 4.79 Å². The molecule has 2 aromatic heterocycles. The largest absolute Gasteiger partial charge is 0.361 e. The van der Waals surface area contributed by atoms with E-state index in [1.165, 1.54) is 0 Å². The molecule has 0 bridgehead atoms. The third-order valence-corrected chi connectivity index (χ3v) is 2.81. The van der Waals surface area contributed by atoms with E-state index >= 15 is 0 Å². The van der Waals surface area contributed by atoms with Crippen LogP contribution in [0.4, 0.5) is 0 Å². The summed E-state index contributed by atoms with van der Waals surface area (Å²) >= 11 is 0. The van der Waals surface area contributed by atoms with Crippen LogP contribution in [0.25, 0.3) is 0 Å². The van der Waals surface area contributed by atoms with Gasteiger partial charge in [-0.15, -0.1) is 0 Å². The van der Waals surface area contributed by atoms with Gasteiger partial charge in [0.15, 0.2) is 0 Å². The summed E-state index contributed by atoms with van der Waals surface area (Å²) in [4.78, 5) is 19.3. The number of H-pyrrole nitrogens is 1. The monoisotopic (exact) mass is 262 g/mol. The summed E-state index contributed by atoms with van der Waals surface area (Å²) in [7, 11) is 0. The summed E-state index contributed by atoms with van der Waals surface area (Å²) in [5.74, 6) is 1.25. The number of hydrogen-bond donors (Lipinski definition) is 2. The molecule has 19 heavy (non-hydrogen) atoms. The van der Waals surface area contributed by atoms with E-state index in [1.54, 1.807) is 12.3 Å².